The summed E-state index contributed by atoms with van der Waals surface area (Å²) < 4.78 is 25.3. The number of aromatic nitrogens is 1. The van der Waals surface area contributed by atoms with E-state index in [0.29, 0.717) is 35.5 Å². The zero-order valence-corrected chi connectivity index (χ0v) is 26.5. The lowest BCUT2D eigenvalue weighted by Gasteiger charge is -2.35. The normalized spacial score (nSPS) is 19.0. The first kappa shape index (κ1) is 33.2. The number of hydrogen-bond donors (Lipinski definition) is 5. The third kappa shape index (κ3) is 8.95. The third-order valence-electron chi connectivity index (χ3n) is 8.43. The molecule has 0 saturated carbocycles. The summed E-state index contributed by atoms with van der Waals surface area (Å²) in [4.78, 5) is 17.8. The Balaban J connectivity index is 1.22. The van der Waals surface area contributed by atoms with Crippen molar-refractivity contribution in [2.45, 2.75) is 52.0 Å². The topological polar surface area (TPSA) is 119 Å². The van der Waals surface area contributed by atoms with E-state index >= 15 is 0 Å². The predicted molar refractivity (Wildman–Crippen MR) is 178 cm³/mol. The molecule has 1 aliphatic carbocycles. The van der Waals surface area contributed by atoms with E-state index in [9.17, 15) is 19.4 Å². The number of likely N-dealkylation sites (tertiary alicyclic amines) is 1. The lowest BCUT2D eigenvalue weighted by Crippen LogP contribution is -2.37. The van der Waals surface area contributed by atoms with Crippen LogP contribution < -0.4 is 15.4 Å². The predicted octanol–water partition coefficient (Wildman–Crippen LogP) is 7.11. The van der Waals surface area contributed by atoms with Crippen LogP contribution in [0.2, 0.25) is 0 Å². The molecule has 5 N–H and O–H groups in total. The second-order valence-corrected chi connectivity index (χ2v) is 12.1. The number of aliphatic hydroxyl groups is 2. The molecule has 10 heteroatoms. The molecule has 5 rings (SSSR count). The van der Waals surface area contributed by atoms with Gasteiger partial charge in [0.25, 0.3) is 0 Å². The maximum Gasteiger partial charge on any atom is 0.323 e. The number of halogens is 1. The van der Waals surface area contributed by atoms with E-state index in [0.717, 1.165) is 54.7 Å². The Morgan fingerprint density at radius 3 is 2.61 bits per heavy atom. The van der Waals surface area contributed by atoms with Gasteiger partial charge in [0.15, 0.2) is 6.29 Å². The molecule has 0 radical (unpaired) electrons. The highest BCUT2D eigenvalue weighted by Gasteiger charge is 2.27. The highest BCUT2D eigenvalue weighted by molar-refractivity contribution is 5.99. The van der Waals surface area contributed by atoms with Gasteiger partial charge in [-0.2, -0.15) is 0 Å². The van der Waals surface area contributed by atoms with Gasteiger partial charge < -0.3 is 35.3 Å². The van der Waals surface area contributed by atoms with Crippen LogP contribution in [-0.2, 0) is 4.74 Å². The number of carbonyl (C=O) groups excluding carboxylic acids is 1. The van der Waals surface area contributed by atoms with E-state index in [4.69, 9.17) is 9.47 Å². The van der Waals surface area contributed by atoms with Gasteiger partial charge in [0, 0.05) is 49.8 Å². The van der Waals surface area contributed by atoms with Gasteiger partial charge in [-0.05, 0) is 104 Å². The van der Waals surface area contributed by atoms with Gasteiger partial charge in [0.1, 0.15) is 23.6 Å². The number of nitrogens with zero attached hydrogens (tertiary/aromatic N) is 1. The van der Waals surface area contributed by atoms with E-state index < -0.39 is 24.4 Å². The Labute approximate surface area is 269 Å². The Kier molecular flexibility index (Phi) is 11.1. The smallest absolute Gasteiger partial charge is 0.323 e. The monoisotopic (exact) mass is 630 g/mol. The lowest BCUT2D eigenvalue weighted by molar-refractivity contribution is -0.0953. The molecule has 2 amide bonds. The van der Waals surface area contributed by atoms with Crippen LogP contribution in [0.15, 0.2) is 84.8 Å². The van der Waals surface area contributed by atoms with Crippen molar-refractivity contribution in [3.63, 3.8) is 0 Å². The number of aryl methyl sites for hydroxylation is 1. The first-order chi connectivity index (χ1) is 22.2. The molecule has 3 unspecified atom stereocenters. The van der Waals surface area contributed by atoms with Crippen molar-refractivity contribution >= 4 is 23.0 Å². The van der Waals surface area contributed by atoms with Crippen molar-refractivity contribution in [1.29, 1.82) is 0 Å². The number of nitrogens with one attached hydrogen (secondary N) is 3. The molecule has 2 aromatic carbocycles. The zero-order chi connectivity index (χ0) is 32.6. The number of anilines is 2. The molecule has 0 spiro atoms. The molecule has 1 saturated heterocycles. The van der Waals surface area contributed by atoms with E-state index in [1.54, 1.807) is 36.4 Å². The molecular weight excluding hydrogens is 587 g/mol. The van der Waals surface area contributed by atoms with Crippen LogP contribution in [0, 0.1) is 24.6 Å². The van der Waals surface area contributed by atoms with E-state index in [1.807, 2.05) is 31.3 Å². The number of carbonyl (C=O) groups is 1. The summed E-state index contributed by atoms with van der Waals surface area (Å²) in [7, 11) is 1.51. The Morgan fingerprint density at radius 1 is 1.11 bits per heavy atom. The molecule has 46 heavy (non-hydrogen) atoms. The Morgan fingerprint density at radius 2 is 1.87 bits per heavy atom. The number of rotatable bonds is 10. The van der Waals surface area contributed by atoms with Crippen molar-refractivity contribution in [3.8, 4) is 5.75 Å². The molecule has 1 fully saturated rings. The molecular formula is C36H43FN4O5. The number of ether oxygens (including phenoxy) is 2. The quantitative estimate of drug-likeness (QED) is 0.153. The number of H-pyrrole nitrogens is 1. The van der Waals surface area contributed by atoms with Crippen LogP contribution >= 0.6 is 0 Å². The summed E-state index contributed by atoms with van der Waals surface area (Å²) in [5, 5.41) is 26.2. The third-order valence-corrected chi connectivity index (χ3v) is 8.43. The maximum atomic E-state index is 14.0. The summed E-state index contributed by atoms with van der Waals surface area (Å²) in [6, 6.07) is 12.9. The molecule has 1 aliphatic heterocycles. The highest BCUT2D eigenvalue weighted by Crippen LogP contribution is 2.31. The number of urea groups is 1. The molecule has 3 aromatic rings. The van der Waals surface area contributed by atoms with Crippen LogP contribution in [0.5, 0.6) is 5.75 Å². The number of benzene rings is 2. The first-order valence-corrected chi connectivity index (χ1v) is 15.7. The fourth-order valence-corrected chi connectivity index (χ4v) is 5.68. The van der Waals surface area contributed by atoms with Gasteiger partial charge >= 0.3 is 6.03 Å². The average Bonchev–Trinajstić information content (AvgIpc) is 3.53. The van der Waals surface area contributed by atoms with Crippen LogP contribution in [0.25, 0.3) is 5.57 Å². The second-order valence-electron chi connectivity index (χ2n) is 12.1. The summed E-state index contributed by atoms with van der Waals surface area (Å²) in [5.74, 6) is 1.39. The van der Waals surface area contributed by atoms with Gasteiger partial charge in [-0.15, -0.1) is 0 Å². The van der Waals surface area contributed by atoms with Gasteiger partial charge in [-0.3, -0.25) is 4.90 Å². The van der Waals surface area contributed by atoms with Crippen molar-refractivity contribution in [2.24, 2.45) is 11.8 Å². The standard InChI is InChI=1S/C36H43FN4O5/c1-23-4-7-26(32-21-27(22-38-32)35(43)41-16-14-25(15-17-41)19-34(42)45-3)20-30(10-5-23)46-29-11-8-28(9-12-29)39-36(44)40-33-18-24(2)6-13-31(33)37/h5-13,18,20-23,25,34-35,38,42-43H,4,14-17,19H2,1-3H3,(H2,39,40,44). The number of aliphatic hydroxyl groups excluding tert-OH is 2. The minimum absolute atomic E-state index is 0.113. The zero-order valence-electron chi connectivity index (χ0n) is 26.5. The Hall–Kier alpha value is -4.22. The molecule has 1 aromatic heterocycles. The van der Waals surface area contributed by atoms with Crippen LogP contribution in [0.4, 0.5) is 20.6 Å². The van der Waals surface area contributed by atoms with Gasteiger partial charge in [0.05, 0.1) is 5.69 Å². The van der Waals surface area contributed by atoms with E-state index in [1.165, 1.54) is 13.2 Å². The molecule has 9 nitrogen and oxygen atoms in total. The number of piperidine rings is 1. The lowest BCUT2D eigenvalue weighted by atomic mass is 9.93. The van der Waals surface area contributed by atoms with Gasteiger partial charge in [-0.1, -0.05) is 25.1 Å². The molecule has 244 valence electrons. The summed E-state index contributed by atoms with van der Waals surface area (Å²) in [6.45, 7) is 5.46. The van der Waals surface area contributed by atoms with Crippen LogP contribution in [0.3, 0.4) is 0 Å². The fourth-order valence-electron chi connectivity index (χ4n) is 5.68. The minimum Gasteiger partial charge on any atom is -0.457 e. The number of allylic oxidation sites excluding steroid dienone is 5. The first-order valence-electron chi connectivity index (χ1n) is 15.7. The molecule has 0 bridgehead atoms. The second kappa shape index (κ2) is 15.4. The SMILES string of the molecule is COC(O)CC1CCN(C(O)c2c[nH]c(C3=CCC(C)C=CC(Oc4ccc(NC(=O)Nc5cc(C)ccc5F)cc4)=C3)c2)CC1. The highest BCUT2D eigenvalue weighted by atomic mass is 19.1. The van der Waals surface area contributed by atoms with Crippen molar-refractivity contribution < 1.29 is 28.9 Å². The van der Waals surface area contributed by atoms with E-state index in [-0.39, 0.29) is 5.69 Å². The summed E-state index contributed by atoms with van der Waals surface area (Å²) in [5.41, 5.74) is 4.11. The number of methoxy groups -OCH3 is 1. The van der Waals surface area contributed by atoms with Crippen LogP contribution in [-0.4, -0.2) is 52.6 Å². The number of aromatic amines is 1. The van der Waals surface area contributed by atoms with Gasteiger partial charge in [0.2, 0.25) is 0 Å². The van der Waals surface area contributed by atoms with Crippen molar-refractivity contribution in [1.82, 2.24) is 9.88 Å². The van der Waals surface area contributed by atoms with Gasteiger partial charge in [-0.25, -0.2) is 9.18 Å². The fraction of sp³-hybridized carbons (Fsp3) is 0.361. The molecule has 2 heterocycles. The number of hydrogen-bond acceptors (Lipinski definition) is 6. The van der Waals surface area contributed by atoms with Crippen molar-refractivity contribution in [2.75, 3.05) is 30.8 Å². The molecule has 2 aliphatic rings. The average molecular weight is 631 g/mol. The van der Waals surface area contributed by atoms with Crippen molar-refractivity contribution in [3.05, 3.63) is 107 Å². The van der Waals surface area contributed by atoms with Crippen LogP contribution in [0.1, 0.15) is 55.7 Å². The molecule has 3 atom stereocenters. The Bertz CT molecular complexity index is 1570. The maximum absolute atomic E-state index is 14.0. The summed E-state index contributed by atoms with van der Waals surface area (Å²) in [6.07, 6.45) is 11.8. The summed E-state index contributed by atoms with van der Waals surface area (Å²) >= 11 is 0. The number of amides is 2. The minimum atomic E-state index is -0.738. The van der Waals surface area contributed by atoms with E-state index in [2.05, 4.69) is 39.6 Å². The largest absolute Gasteiger partial charge is 0.457 e.